The first-order valence-corrected chi connectivity index (χ1v) is 8.06. The van der Waals surface area contributed by atoms with Crippen molar-refractivity contribution in [3.63, 3.8) is 0 Å². The molecular weight excluding hydrogens is 337 g/mol. The van der Waals surface area contributed by atoms with Gasteiger partial charge in [-0.15, -0.1) is 0 Å². The fraction of sp³-hybridized carbons (Fsp3) is 0.588. The Bertz CT molecular complexity index is 592. The summed E-state index contributed by atoms with van der Waals surface area (Å²) in [5.41, 5.74) is 0.224. The first-order chi connectivity index (χ1) is 11.5. The lowest BCUT2D eigenvalue weighted by atomic mass is 10.2. The number of carbonyl (C=O) groups excluding carboxylic acids is 1. The van der Waals surface area contributed by atoms with Crippen molar-refractivity contribution in [3.05, 3.63) is 24.3 Å². The summed E-state index contributed by atoms with van der Waals surface area (Å²) >= 11 is 0. The highest BCUT2D eigenvalue weighted by molar-refractivity contribution is 5.68. The molecule has 0 saturated carbocycles. The quantitative estimate of drug-likeness (QED) is 0.825. The Morgan fingerprint density at radius 2 is 1.76 bits per heavy atom. The number of halogens is 3. The number of rotatable bonds is 3. The van der Waals surface area contributed by atoms with E-state index in [1.54, 1.807) is 17.0 Å². The molecule has 140 valence electrons. The normalized spacial score (nSPS) is 15.9. The van der Waals surface area contributed by atoms with Gasteiger partial charge in [0.05, 0.1) is 0 Å². The van der Waals surface area contributed by atoms with Crippen LogP contribution in [0.4, 0.5) is 23.7 Å². The van der Waals surface area contributed by atoms with Crippen molar-refractivity contribution in [3.8, 4) is 5.75 Å². The van der Waals surface area contributed by atoms with E-state index in [0.717, 1.165) is 5.69 Å². The van der Waals surface area contributed by atoms with E-state index >= 15 is 0 Å². The molecule has 0 N–H and O–H groups in total. The van der Waals surface area contributed by atoms with E-state index in [1.165, 1.54) is 6.07 Å². The standard InChI is InChI=1S/C17H23F3N2O3/c1-16(2,3)25-15(23)22-9-7-21(8-10-22)13-5-4-6-14(11-13)24-12-17(18,19)20/h4-6,11H,7-10,12H2,1-3H3. The van der Waals surface area contributed by atoms with Gasteiger partial charge in [-0.1, -0.05) is 6.07 Å². The molecule has 0 spiro atoms. The molecular formula is C17H23F3N2O3. The average Bonchev–Trinajstić information content (AvgIpc) is 2.51. The van der Waals surface area contributed by atoms with Crippen molar-refractivity contribution in [1.82, 2.24) is 4.90 Å². The lowest BCUT2D eigenvalue weighted by Gasteiger charge is -2.36. The van der Waals surface area contributed by atoms with E-state index in [4.69, 9.17) is 9.47 Å². The Morgan fingerprint density at radius 3 is 2.32 bits per heavy atom. The Hall–Kier alpha value is -2.12. The number of amides is 1. The van der Waals surface area contributed by atoms with Crippen LogP contribution >= 0.6 is 0 Å². The summed E-state index contributed by atoms with van der Waals surface area (Å²) in [5.74, 6) is 0.171. The van der Waals surface area contributed by atoms with Crippen molar-refractivity contribution >= 4 is 11.8 Å². The highest BCUT2D eigenvalue weighted by Crippen LogP contribution is 2.24. The largest absolute Gasteiger partial charge is 0.484 e. The number of alkyl halides is 3. The summed E-state index contributed by atoms with van der Waals surface area (Å²) in [4.78, 5) is 15.7. The van der Waals surface area contributed by atoms with Crippen LogP contribution in [0.2, 0.25) is 0 Å². The molecule has 0 aromatic heterocycles. The van der Waals surface area contributed by atoms with Crippen molar-refractivity contribution in [2.24, 2.45) is 0 Å². The molecule has 0 radical (unpaired) electrons. The van der Waals surface area contributed by atoms with Crippen LogP contribution in [0.15, 0.2) is 24.3 Å². The zero-order valence-corrected chi connectivity index (χ0v) is 14.6. The van der Waals surface area contributed by atoms with Gasteiger partial charge in [0.15, 0.2) is 6.61 Å². The van der Waals surface area contributed by atoms with E-state index in [0.29, 0.717) is 26.2 Å². The zero-order valence-electron chi connectivity index (χ0n) is 14.6. The molecule has 5 nitrogen and oxygen atoms in total. The molecule has 1 heterocycles. The second kappa shape index (κ2) is 7.41. The van der Waals surface area contributed by atoms with Crippen molar-refractivity contribution < 1.29 is 27.4 Å². The average molecular weight is 360 g/mol. The minimum atomic E-state index is -4.37. The van der Waals surface area contributed by atoms with Crippen LogP contribution in [0.3, 0.4) is 0 Å². The van der Waals surface area contributed by atoms with Crippen LogP contribution in [0.1, 0.15) is 20.8 Å². The third kappa shape index (κ3) is 6.36. The maximum Gasteiger partial charge on any atom is 0.422 e. The summed E-state index contributed by atoms with van der Waals surface area (Å²) < 4.78 is 46.9. The predicted molar refractivity (Wildman–Crippen MR) is 88.0 cm³/mol. The van der Waals surface area contributed by atoms with Crippen LogP contribution in [0.5, 0.6) is 5.75 Å². The molecule has 0 unspecified atom stereocenters. The predicted octanol–water partition coefficient (Wildman–Crippen LogP) is 3.68. The maximum absolute atomic E-state index is 12.2. The van der Waals surface area contributed by atoms with Crippen molar-refractivity contribution in [2.45, 2.75) is 32.5 Å². The van der Waals surface area contributed by atoms with Gasteiger partial charge in [-0.25, -0.2) is 4.79 Å². The summed E-state index contributed by atoms with van der Waals surface area (Å²) in [6, 6.07) is 6.53. The number of benzene rings is 1. The Morgan fingerprint density at radius 1 is 1.12 bits per heavy atom. The van der Waals surface area contributed by atoms with Gasteiger partial charge in [0.2, 0.25) is 0 Å². The second-order valence-electron chi connectivity index (χ2n) is 6.86. The number of carbonyl (C=O) groups is 1. The molecule has 0 atom stereocenters. The number of nitrogens with zero attached hydrogens (tertiary/aromatic N) is 2. The molecule has 1 aliphatic heterocycles. The zero-order chi connectivity index (χ0) is 18.7. The minimum absolute atomic E-state index is 0.171. The second-order valence-corrected chi connectivity index (χ2v) is 6.86. The highest BCUT2D eigenvalue weighted by Gasteiger charge is 2.29. The van der Waals surface area contributed by atoms with E-state index < -0.39 is 18.4 Å². The molecule has 2 rings (SSSR count). The van der Waals surface area contributed by atoms with E-state index in [1.807, 2.05) is 31.7 Å². The Labute approximate surface area is 145 Å². The van der Waals surface area contributed by atoms with Gasteiger partial charge >= 0.3 is 12.3 Å². The maximum atomic E-state index is 12.2. The van der Waals surface area contributed by atoms with E-state index in [2.05, 4.69) is 0 Å². The molecule has 0 bridgehead atoms. The summed E-state index contributed by atoms with van der Waals surface area (Å²) in [7, 11) is 0. The molecule has 1 aromatic rings. The molecule has 1 aliphatic rings. The molecule has 1 fully saturated rings. The number of anilines is 1. The lowest BCUT2D eigenvalue weighted by molar-refractivity contribution is -0.153. The van der Waals surface area contributed by atoms with Crippen molar-refractivity contribution in [2.75, 3.05) is 37.7 Å². The van der Waals surface area contributed by atoms with Gasteiger partial charge in [0.25, 0.3) is 0 Å². The number of hydrogen-bond acceptors (Lipinski definition) is 4. The summed E-state index contributed by atoms with van der Waals surface area (Å²) in [6.07, 6.45) is -4.72. The van der Waals surface area contributed by atoms with Crippen LogP contribution in [0.25, 0.3) is 0 Å². The third-order valence-electron chi connectivity index (χ3n) is 3.52. The van der Waals surface area contributed by atoms with Crippen LogP contribution < -0.4 is 9.64 Å². The molecule has 1 saturated heterocycles. The smallest absolute Gasteiger partial charge is 0.422 e. The van der Waals surface area contributed by atoms with Crippen LogP contribution in [-0.4, -0.2) is 55.6 Å². The molecule has 25 heavy (non-hydrogen) atoms. The van der Waals surface area contributed by atoms with Gasteiger partial charge in [0.1, 0.15) is 11.4 Å². The van der Waals surface area contributed by atoms with Gasteiger partial charge < -0.3 is 19.3 Å². The van der Waals surface area contributed by atoms with Crippen LogP contribution in [0, 0.1) is 0 Å². The fourth-order valence-electron chi connectivity index (χ4n) is 2.41. The Kier molecular flexibility index (Phi) is 5.69. The number of hydrogen-bond donors (Lipinski definition) is 0. The topological polar surface area (TPSA) is 42.0 Å². The third-order valence-corrected chi connectivity index (χ3v) is 3.52. The van der Waals surface area contributed by atoms with Gasteiger partial charge in [0, 0.05) is 37.9 Å². The molecule has 1 amide bonds. The lowest BCUT2D eigenvalue weighted by Crippen LogP contribution is -2.50. The molecule has 0 aliphatic carbocycles. The summed E-state index contributed by atoms with van der Waals surface area (Å²) in [6.45, 7) is 6.24. The number of piperazine rings is 1. The SMILES string of the molecule is CC(C)(C)OC(=O)N1CCN(c2cccc(OCC(F)(F)F)c2)CC1. The highest BCUT2D eigenvalue weighted by atomic mass is 19.4. The first-order valence-electron chi connectivity index (χ1n) is 8.06. The number of ether oxygens (including phenoxy) is 2. The van der Waals surface area contributed by atoms with E-state index in [9.17, 15) is 18.0 Å². The summed E-state index contributed by atoms with van der Waals surface area (Å²) in [5, 5.41) is 0. The molecule has 8 heteroatoms. The monoisotopic (exact) mass is 360 g/mol. The minimum Gasteiger partial charge on any atom is -0.484 e. The van der Waals surface area contributed by atoms with E-state index in [-0.39, 0.29) is 11.8 Å². The van der Waals surface area contributed by atoms with Gasteiger partial charge in [-0.3, -0.25) is 0 Å². The first kappa shape index (κ1) is 19.2. The fourth-order valence-corrected chi connectivity index (χ4v) is 2.41. The van der Waals surface area contributed by atoms with Crippen LogP contribution in [-0.2, 0) is 4.74 Å². The van der Waals surface area contributed by atoms with Gasteiger partial charge in [-0.2, -0.15) is 13.2 Å². The van der Waals surface area contributed by atoms with Crippen molar-refractivity contribution in [1.29, 1.82) is 0 Å². The Balaban J connectivity index is 1.91. The molecule has 1 aromatic carbocycles. The van der Waals surface area contributed by atoms with Gasteiger partial charge in [-0.05, 0) is 32.9 Å².